The highest BCUT2D eigenvalue weighted by Gasteiger charge is 2.17. The Morgan fingerprint density at radius 3 is 2.62 bits per heavy atom. The minimum atomic E-state index is -0.423. The van der Waals surface area contributed by atoms with Crippen molar-refractivity contribution in [1.29, 1.82) is 0 Å². The van der Waals surface area contributed by atoms with Gasteiger partial charge in [-0.1, -0.05) is 35.9 Å². The van der Waals surface area contributed by atoms with Gasteiger partial charge < -0.3 is 0 Å². The summed E-state index contributed by atoms with van der Waals surface area (Å²) < 4.78 is 1.72. The highest BCUT2D eigenvalue weighted by atomic mass is 35.5. The number of hydrogen-bond acceptors (Lipinski definition) is 3. The first-order chi connectivity index (χ1) is 10.2. The molecule has 0 atom stereocenters. The van der Waals surface area contributed by atoms with Crippen molar-refractivity contribution in [1.82, 2.24) is 9.38 Å². The number of nitrogens with zero attached hydrogens (tertiary/aromatic N) is 3. The van der Waals surface area contributed by atoms with Crippen LogP contribution in [0.1, 0.15) is 11.3 Å². The summed E-state index contributed by atoms with van der Waals surface area (Å²) in [6.45, 7) is 0. The van der Waals surface area contributed by atoms with Gasteiger partial charge in [-0.15, -0.1) is 0 Å². The quantitative estimate of drug-likeness (QED) is 0.546. The van der Waals surface area contributed by atoms with Crippen molar-refractivity contribution in [3.8, 4) is 0 Å². The van der Waals surface area contributed by atoms with Crippen LogP contribution in [0.2, 0.25) is 5.15 Å². The molecule has 0 bridgehead atoms. The molecular weight excluding hydrogens is 290 g/mol. The summed E-state index contributed by atoms with van der Waals surface area (Å²) in [5.74, 6) is 0. The van der Waals surface area contributed by atoms with Crippen molar-refractivity contribution < 1.29 is 4.92 Å². The lowest BCUT2D eigenvalue weighted by atomic mass is 10.1. The summed E-state index contributed by atoms with van der Waals surface area (Å²) in [6.07, 6.45) is 3.21. The maximum absolute atomic E-state index is 11.3. The van der Waals surface area contributed by atoms with E-state index >= 15 is 0 Å². The van der Waals surface area contributed by atoms with E-state index in [4.69, 9.17) is 11.6 Å². The zero-order valence-corrected chi connectivity index (χ0v) is 11.6. The number of nitro groups is 1. The highest BCUT2D eigenvalue weighted by Crippen LogP contribution is 2.24. The molecule has 0 radical (unpaired) electrons. The summed E-state index contributed by atoms with van der Waals surface area (Å²) in [4.78, 5) is 15.1. The molecule has 6 heteroatoms. The number of hydrogen-bond donors (Lipinski definition) is 0. The predicted octanol–water partition coefficient (Wildman–Crippen LogP) is 3.76. The number of fused-ring (bicyclic) bond motifs is 1. The third-order valence-corrected chi connectivity index (χ3v) is 3.34. The largest absolute Gasteiger partial charge is 0.298 e. The molecule has 0 N–H and O–H groups in total. The van der Waals surface area contributed by atoms with E-state index in [0.717, 1.165) is 0 Å². The van der Waals surface area contributed by atoms with E-state index in [0.29, 0.717) is 16.9 Å². The van der Waals surface area contributed by atoms with E-state index in [9.17, 15) is 10.1 Å². The maximum atomic E-state index is 11.3. The Bertz CT molecular complexity index is 841. The molecule has 0 aliphatic rings. The van der Waals surface area contributed by atoms with Gasteiger partial charge in [-0.05, 0) is 24.3 Å². The second-order valence-corrected chi connectivity index (χ2v) is 4.73. The van der Waals surface area contributed by atoms with Gasteiger partial charge in [0.1, 0.15) is 5.65 Å². The van der Waals surface area contributed by atoms with E-state index in [1.54, 1.807) is 40.9 Å². The SMILES string of the molecule is O=[N+]([O-])C(=Cc1c(Cl)nc2ccccn12)c1ccccc1. The second kappa shape index (κ2) is 5.38. The Balaban J connectivity index is 2.21. The van der Waals surface area contributed by atoms with Crippen LogP contribution in [0.25, 0.3) is 17.4 Å². The Kier molecular flexibility index (Phi) is 3.41. The Morgan fingerprint density at radius 2 is 1.90 bits per heavy atom. The molecule has 0 spiro atoms. The number of aromatic nitrogens is 2. The number of benzene rings is 1. The van der Waals surface area contributed by atoms with Gasteiger partial charge in [0.25, 0.3) is 5.70 Å². The van der Waals surface area contributed by atoms with E-state index in [-0.39, 0.29) is 10.9 Å². The van der Waals surface area contributed by atoms with Crippen molar-refractivity contribution in [2.45, 2.75) is 0 Å². The molecule has 1 aromatic carbocycles. The lowest BCUT2D eigenvalue weighted by molar-refractivity contribution is -0.374. The Hall–Kier alpha value is -2.66. The predicted molar refractivity (Wildman–Crippen MR) is 81.5 cm³/mol. The summed E-state index contributed by atoms with van der Waals surface area (Å²) in [6, 6.07) is 14.1. The van der Waals surface area contributed by atoms with Crippen molar-refractivity contribution >= 4 is 29.0 Å². The first kappa shape index (κ1) is 13.3. The molecule has 0 unspecified atom stereocenters. The van der Waals surface area contributed by atoms with Crippen LogP contribution in [-0.4, -0.2) is 14.3 Å². The molecule has 2 heterocycles. The van der Waals surface area contributed by atoms with Crippen molar-refractivity contribution in [2.24, 2.45) is 0 Å². The number of imidazole rings is 1. The standard InChI is InChI=1S/C15H10ClN3O2/c16-15-13(18-9-5-4-8-14(18)17-15)10-12(19(20)21)11-6-2-1-3-7-11/h1-10H. The van der Waals surface area contributed by atoms with Crippen LogP contribution in [-0.2, 0) is 0 Å². The molecule has 0 saturated carbocycles. The number of pyridine rings is 1. The summed E-state index contributed by atoms with van der Waals surface area (Å²) in [5, 5.41) is 11.6. The van der Waals surface area contributed by atoms with Crippen molar-refractivity contribution in [3.63, 3.8) is 0 Å². The monoisotopic (exact) mass is 299 g/mol. The van der Waals surface area contributed by atoms with E-state index < -0.39 is 4.92 Å². The topological polar surface area (TPSA) is 60.4 Å². The average Bonchev–Trinajstić information content (AvgIpc) is 2.81. The first-order valence-electron chi connectivity index (χ1n) is 6.21. The van der Waals surface area contributed by atoms with Crippen LogP contribution in [0.3, 0.4) is 0 Å². The molecule has 3 rings (SSSR count). The fourth-order valence-corrected chi connectivity index (χ4v) is 2.33. The third-order valence-electron chi connectivity index (χ3n) is 3.06. The molecule has 0 amide bonds. The van der Waals surface area contributed by atoms with Crippen LogP contribution in [0, 0.1) is 10.1 Å². The van der Waals surface area contributed by atoms with Gasteiger partial charge in [-0.2, -0.15) is 0 Å². The summed E-state index contributed by atoms with van der Waals surface area (Å²) >= 11 is 6.10. The van der Waals surface area contributed by atoms with Gasteiger partial charge in [-0.25, -0.2) is 4.98 Å². The third kappa shape index (κ3) is 2.51. The zero-order chi connectivity index (χ0) is 14.8. The van der Waals surface area contributed by atoms with Gasteiger partial charge in [0.05, 0.1) is 16.2 Å². The summed E-state index contributed by atoms with van der Waals surface area (Å²) in [7, 11) is 0. The lowest BCUT2D eigenvalue weighted by Crippen LogP contribution is -1.98. The maximum Gasteiger partial charge on any atom is 0.278 e. The number of rotatable bonds is 3. The van der Waals surface area contributed by atoms with E-state index in [2.05, 4.69) is 4.98 Å². The molecule has 0 aliphatic heterocycles. The molecule has 0 fully saturated rings. The minimum Gasteiger partial charge on any atom is -0.298 e. The fourth-order valence-electron chi connectivity index (χ4n) is 2.10. The highest BCUT2D eigenvalue weighted by molar-refractivity contribution is 6.31. The smallest absolute Gasteiger partial charge is 0.278 e. The van der Waals surface area contributed by atoms with Crippen LogP contribution >= 0.6 is 11.6 Å². The van der Waals surface area contributed by atoms with Crippen LogP contribution in [0.4, 0.5) is 0 Å². The zero-order valence-electron chi connectivity index (χ0n) is 10.8. The molecule has 3 aromatic rings. The Labute approximate surface area is 125 Å². The van der Waals surface area contributed by atoms with Gasteiger partial charge >= 0.3 is 0 Å². The van der Waals surface area contributed by atoms with Crippen molar-refractivity contribution in [2.75, 3.05) is 0 Å². The molecule has 104 valence electrons. The molecule has 21 heavy (non-hydrogen) atoms. The molecular formula is C15H10ClN3O2. The van der Waals surface area contributed by atoms with Crippen LogP contribution in [0.15, 0.2) is 54.7 Å². The average molecular weight is 300 g/mol. The molecule has 2 aromatic heterocycles. The van der Waals surface area contributed by atoms with Crippen LogP contribution < -0.4 is 0 Å². The fraction of sp³-hybridized carbons (Fsp3) is 0. The normalized spacial score (nSPS) is 11.8. The van der Waals surface area contributed by atoms with Gasteiger partial charge in [0.2, 0.25) is 0 Å². The molecule has 0 aliphatic carbocycles. The Morgan fingerprint density at radius 1 is 1.19 bits per heavy atom. The van der Waals surface area contributed by atoms with E-state index in [1.807, 2.05) is 18.2 Å². The molecule has 5 nitrogen and oxygen atoms in total. The van der Waals surface area contributed by atoms with Gasteiger partial charge in [0.15, 0.2) is 5.15 Å². The first-order valence-corrected chi connectivity index (χ1v) is 6.59. The van der Waals surface area contributed by atoms with Gasteiger partial charge in [-0.3, -0.25) is 14.5 Å². The van der Waals surface area contributed by atoms with Crippen molar-refractivity contribution in [3.05, 3.63) is 81.3 Å². The minimum absolute atomic E-state index is 0.0249. The lowest BCUT2D eigenvalue weighted by Gasteiger charge is -2.00. The molecule has 0 saturated heterocycles. The second-order valence-electron chi connectivity index (χ2n) is 4.37. The summed E-state index contributed by atoms with van der Waals surface area (Å²) in [5.41, 5.74) is 1.62. The van der Waals surface area contributed by atoms with Crippen LogP contribution in [0.5, 0.6) is 0 Å². The van der Waals surface area contributed by atoms with Gasteiger partial charge in [0, 0.05) is 12.3 Å². The van der Waals surface area contributed by atoms with E-state index in [1.165, 1.54) is 6.08 Å². The number of halogens is 1.